The van der Waals surface area contributed by atoms with Crippen LogP contribution in [0.5, 0.6) is 0 Å². The Morgan fingerprint density at radius 1 is 1.08 bits per heavy atom. The second kappa shape index (κ2) is 5.40. The van der Waals surface area contributed by atoms with E-state index in [1.54, 1.807) is 6.08 Å². The van der Waals surface area contributed by atoms with Gasteiger partial charge in [-0.05, 0) is 68.1 Å². The summed E-state index contributed by atoms with van der Waals surface area (Å²) in [5.41, 5.74) is -0.00969. The zero-order valence-electron chi connectivity index (χ0n) is 16.0. The van der Waals surface area contributed by atoms with Crippen molar-refractivity contribution in [3.63, 3.8) is 0 Å². The molecule has 0 radical (unpaired) electrons. The molecule has 0 saturated heterocycles. The molecule has 0 spiro atoms. The van der Waals surface area contributed by atoms with Gasteiger partial charge in [0.15, 0.2) is 0 Å². The molecular formula is C22H31F2NO. The molecule has 0 aromatic carbocycles. The quantitative estimate of drug-likeness (QED) is 0.708. The van der Waals surface area contributed by atoms with Crippen LogP contribution in [0, 0.1) is 28.6 Å². The molecule has 1 N–H and O–H groups in total. The van der Waals surface area contributed by atoms with Crippen molar-refractivity contribution in [1.82, 2.24) is 5.32 Å². The van der Waals surface area contributed by atoms with Crippen LogP contribution in [-0.2, 0) is 4.79 Å². The third-order valence-electron chi connectivity index (χ3n) is 8.98. The Bertz CT molecular complexity index is 669. The number of alkyl halides is 2. The Hall–Kier alpha value is -0.770. The maximum atomic E-state index is 15.0. The largest absolute Gasteiger partial charge is 0.327 e. The Morgan fingerprint density at radius 2 is 1.85 bits per heavy atom. The molecule has 2 nitrogen and oxygen atoms in total. The Balaban J connectivity index is 1.57. The van der Waals surface area contributed by atoms with Crippen molar-refractivity contribution in [2.45, 2.75) is 89.6 Å². The van der Waals surface area contributed by atoms with Gasteiger partial charge >= 0.3 is 5.92 Å². The number of hydrogen-bond acceptors (Lipinski definition) is 2. The first-order valence-electron chi connectivity index (χ1n) is 10.6. The second-order valence-corrected chi connectivity index (χ2v) is 10.3. The summed E-state index contributed by atoms with van der Waals surface area (Å²) in [6.45, 7) is 4.50. The van der Waals surface area contributed by atoms with Gasteiger partial charge in [-0.2, -0.15) is 8.78 Å². The van der Waals surface area contributed by atoms with Crippen LogP contribution in [0.2, 0.25) is 0 Å². The summed E-state index contributed by atoms with van der Waals surface area (Å²) < 4.78 is 29.9. The fourth-order valence-electron chi connectivity index (χ4n) is 7.38. The first kappa shape index (κ1) is 17.3. The number of fused-ring (bicyclic) bond motifs is 5. The predicted molar refractivity (Wildman–Crippen MR) is 97.0 cm³/mol. The van der Waals surface area contributed by atoms with Gasteiger partial charge in [0.2, 0.25) is 5.78 Å². The first-order chi connectivity index (χ1) is 12.3. The molecule has 0 bridgehead atoms. The van der Waals surface area contributed by atoms with E-state index in [2.05, 4.69) is 19.2 Å². The lowest BCUT2D eigenvalue weighted by Gasteiger charge is -2.60. The number of carbonyl (C=O) groups is 1. The molecule has 4 heteroatoms. The highest BCUT2D eigenvalue weighted by molar-refractivity contribution is 5.91. The van der Waals surface area contributed by atoms with E-state index in [1.165, 1.54) is 19.3 Å². The number of carbonyl (C=O) groups excluding carboxylic acids is 1. The highest BCUT2D eigenvalue weighted by atomic mass is 19.3. The summed E-state index contributed by atoms with van der Waals surface area (Å²) in [5.74, 6) is -2.67. The average Bonchev–Trinajstić information content (AvgIpc) is 3.30. The lowest BCUT2D eigenvalue weighted by atomic mass is 9.46. The highest BCUT2D eigenvalue weighted by Gasteiger charge is 2.65. The summed E-state index contributed by atoms with van der Waals surface area (Å²) in [5, 5.41) is 3.61. The van der Waals surface area contributed by atoms with E-state index in [0.717, 1.165) is 32.1 Å². The van der Waals surface area contributed by atoms with Crippen LogP contribution in [0.1, 0.15) is 71.6 Å². The lowest BCUT2D eigenvalue weighted by molar-refractivity contribution is -0.151. The van der Waals surface area contributed by atoms with Gasteiger partial charge in [0.25, 0.3) is 0 Å². The normalized spacial score (nSPS) is 49.8. The number of ketones is 1. The Morgan fingerprint density at radius 3 is 2.58 bits per heavy atom. The Labute approximate surface area is 155 Å². The fourth-order valence-corrected chi connectivity index (χ4v) is 7.38. The molecule has 6 atom stereocenters. The predicted octanol–water partition coefficient (Wildman–Crippen LogP) is 4.88. The summed E-state index contributed by atoms with van der Waals surface area (Å²) in [7, 11) is 0. The number of allylic oxidation sites excluding steroid dienone is 1. The van der Waals surface area contributed by atoms with Crippen LogP contribution < -0.4 is 5.32 Å². The van der Waals surface area contributed by atoms with Gasteiger partial charge in [-0.3, -0.25) is 4.79 Å². The van der Waals surface area contributed by atoms with E-state index in [9.17, 15) is 13.6 Å². The topological polar surface area (TPSA) is 29.1 Å². The number of nitrogens with one attached hydrogen (secondary N) is 1. The molecule has 0 aromatic rings. The molecule has 0 aliphatic heterocycles. The van der Waals surface area contributed by atoms with Crippen molar-refractivity contribution in [2.24, 2.45) is 28.6 Å². The molecule has 26 heavy (non-hydrogen) atoms. The molecule has 4 saturated carbocycles. The van der Waals surface area contributed by atoms with Gasteiger partial charge in [-0.1, -0.05) is 26.3 Å². The molecule has 144 valence electrons. The van der Waals surface area contributed by atoms with Crippen LogP contribution in [0.15, 0.2) is 11.6 Å². The molecule has 4 fully saturated rings. The van der Waals surface area contributed by atoms with Gasteiger partial charge < -0.3 is 5.32 Å². The number of hydrogen-bond donors (Lipinski definition) is 1. The van der Waals surface area contributed by atoms with E-state index < -0.39 is 17.1 Å². The smallest absolute Gasteiger partial charge is 0.310 e. The van der Waals surface area contributed by atoms with Crippen LogP contribution in [0.4, 0.5) is 8.78 Å². The third kappa shape index (κ3) is 2.20. The molecule has 0 amide bonds. The number of rotatable bonds is 2. The SMILES string of the molecule is C[C@@]12CCC[C@H]1[C@@H]1CC=C3C(F)(F)C(=O)CC(NC4CC4)[C@]3(C)[C@H]1CC2. The van der Waals surface area contributed by atoms with Crippen molar-refractivity contribution in [3.8, 4) is 0 Å². The number of halogens is 2. The first-order valence-corrected chi connectivity index (χ1v) is 10.6. The van der Waals surface area contributed by atoms with E-state index in [-0.39, 0.29) is 24.0 Å². The minimum atomic E-state index is -3.27. The van der Waals surface area contributed by atoms with Crippen LogP contribution in [-0.4, -0.2) is 23.8 Å². The van der Waals surface area contributed by atoms with Gasteiger partial charge in [0, 0.05) is 29.5 Å². The van der Waals surface area contributed by atoms with Crippen molar-refractivity contribution >= 4 is 5.78 Å². The van der Waals surface area contributed by atoms with Crippen molar-refractivity contribution < 1.29 is 13.6 Å². The van der Waals surface area contributed by atoms with Gasteiger partial charge in [-0.25, -0.2) is 0 Å². The molecule has 5 aliphatic carbocycles. The highest BCUT2D eigenvalue weighted by Crippen LogP contribution is 2.66. The van der Waals surface area contributed by atoms with Gasteiger partial charge in [0.05, 0.1) is 0 Å². The van der Waals surface area contributed by atoms with Crippen molar-refractivity contribution in [2.75, 3.05) is 0 Å². The van der Waals surface area contributed by atoms with Crippen molar-refractivity contribution in [3.05, 3.63) is 11.6 Å². The molecule has 0 aromatic heterocycles. The standard InChI is InChI=1S/C22H31F2NO/c1-20-10-3-4-15(20)14-7-8-17-21(2,16(14)9-11-20)18(25-13-5-6-13)12-19(26)22(17,23)24/h8,13-16,18,25H,3-7,9-12H2,1-2H3/t14-,15-,16-,18?,20-,21+/m0/s1. The monoisotopic (exact) mass is 363 g/mol. The molecule has 0 heterocycles. The van der Waals surface area contributed by atoms with Gasteiger partial charge in [0.1, 0.15) is 0 Å². The molecule has 5 aliphatic rings. The fraction of sp³-hybridized carbons (Fsp3) is 0.864. The summed E-state index contributed by atoms with van der Waals surface area (Å²) in [6, 6.07) is 0.310. The maximum Gasteiger partial charge on any atom is 0.327 e. The Kier molecular flexibility index (Phi) is 3.60. The third-order valence-corrected chi connectivity index (χ3v) is 8.98. The van der Waals surface area contributed by atoms with E-state index in [4.69, 9.17) is 0 Å². The zero-order valence-corrected chi connectivity index (χ0v) is 16.0. The van der Waals surface area contributed by atoms with E-state index >= 15 is 0 Å². The average molecular weight is 363 g/mol. The maximum absolute atomic E-state index is 15.0. The summed E-state index contributed by atoms with van der Waals surface area (Å²) in [6.07, 6.45) is 10.8. The second-order valence-electron chi connectivity index (χ2n) is 10.3. The molecule has 1 unspecified atom stereocenters. The van der Waals surface area contributed by atoms with Crippen LogP contribution in [0.25, 0.3) is 0 Å². The van der Waals surface area contributed by atoms with Crippen LogP contribution in [0.3, 0.4) is 0 Å². The zero-order chi connectivity index (χ0) is 18.3. The van der Waals surface area contributed by atoms with Crippen LogP contribution >= 0.6 is 0 Å². The minimum absolute atomic E-state index is 0.0114. The minimum Gasteiger partial charge on any atom is -0.310 e. The lowest BCUT2D eigenvalue weighted by Crippen LogP contribution is -2.63. The summed E-state index contributed by atoms with van der Waals surface area (Å²) >= 11 is 0. The van der Waals surface area contributed by atoms with E-state index in [1.807, 2.05) is 0 Å². The number of Topliss-reactive ketones (excluding diaryl/α,β-unsaturated/α-hetero) is 1. The van der Waals surface area contributed by atoms with Gasteiger partial charge in [-0.15, -0.1) is 0 Å². The molecular weight excluding hydrogens is 332 g/mol. The molecule has 5 rings (SSSR count). The van der Waals surface area contributed by atoms with E-state index in [0.29, 0.717) is 23.3 Å². The summed E-state index contributed by atoms with van der Waals surface area (Å²) in [4.78, 5) is 12.3. The van der Waals surface area contributed by atoms with Crippen molar-refractivity contribution in [1.29, 1.82) is 0 Å².